The Labute approximate surface area is 92.1 Å². The zero-order chi connectivity index (χ0) is 11.1. The summed E-state index contributed by atoms with van der Waals surface area (Å²) in [5.74, 6) is 0.116. The first-order valence-electron chi connectivity index (χ1n) is 5.77. The van der Waals surface area contributed by atoms with Gasteiger partial charge in [0.25, 0.3) is 0 Å². The third-order valence-electron chi connectivity index (χ3n) is 2.86. The second-order valence-corrected chi connectivity index (χ2v) is 3.95. The predicted molar refractivity (Wildman–Crippen MR) is 60.6 cm³/mol. The second kappa shape index (κ2) is 6.62. The molecule has 1 aliphatic rings. The third-order valence-corrected chi connectivity index (χ3v) is 2.86. The minimum absolute atomic E-state index is 0.0131. The standard InChI is InChI=1S/C12H21NO2/c1-3-5-8-13-9-6-11(7-10-13)12(14)15-4-2/h3,11H,1,4-10H2,2H3. The molecule has 1 saturated heterocycles. The van der Waals surface area contributed by atoms with Crippen molar-refractivity contribution in [2.75, 3.05) is 26.2 Å². The van der Waals surface area contributed by atoms with Crippen LogP contribution in [0.15, 0.2) is 12.7 Å². The lowest BCUT2D eigenvalue weighted by molar-refractivity contribution is -0.149. The first kappa shape index (κ1) is 12.2. The number of hydrogen-bond donors (Lipinski definition) is 0. The van der Waals surface area contributed by atoms with Crippen LogP contribution in [0.5, 0.6) is 0 Å². The Morgan fingerprint density at radius 1 is 1.53 bits per heavy atom. The number of likely N-dealkylation sites (tertiary alicyclic amines) is 1. The number of carbonyl (C=O) groups is 1. The largest absolute Gasteiger partial charge is 0.466 e. The molecule has 3 heteroatoms. The molecule has 0 atom stereocenters. The number of ether oxygens (including phenoxy) is 1. The quantitative estimate of drug-likeness (QED) is 0.513. The molecule has 0 bridgehead atoms. The Balaban J connectivity index is 2.23. The molecule has 0 spiro atoms. The molecular weight excluding hydrogens is 190 g/mol. The van der Waals surface area contributed by atoms with Crippen LogP contribution in [0.25, 0.3) is 0 Å². The van der Waals surface area contributed by atoms with Crippen molar-refractivity contribution in [1.29, 1.82) is 0 Å². The van der Waals surface area contributed by atoms with E-state index >= 15 is 0 Å². The topological polar surface area (TPSA) is 29.5 Å². The highest BCUT2D eigenvalue weighted by Crippen LogP contribution is 2.18. The maximum absolute atomic E-state index is 11.5. The highest BCUT2D eigenvalue weighted by Gasteiger charge is 2.25. The van der Waals surface area contributed by atoms with Gasteiger partial charge in [-0.3, -0.25) is 4.79 Å². The molecular formula is C12H21NO2. The van der Waals surface area contributed by atoms with Crippen LogP contribution in [0.4, 0.5) is 0 Å². The lowest BCUT2D eigenvalue weighted by Crippen LogP contribution is -2.37. The molecule has 1 aliphatic heterocycles. The maximum atomic E-state index is 11.5. The van der Waals surface area contributed by atoms with Crippen LogP contribution < -0.4 is 0 Å². The van der Waals surface area contributed by atoms with E-state index in [1.165, 1.54) is 0 Å². The summed E-state index contributed by atoms with van der Waals surface area (Å²) in [5, 5.41) is 0. The summed E-state index contributed by atoms with van der Waals surface area (Å²) in [6.07, 6.45) is 4.85. The molecule has 0 aromatic carbocycles. The van der Waals surface area contributed by atoms with E-state index in [2.05, 4.69) is 11.5 Å². The van der Waals surface area contributed by atoms with Crippen molar-refractivity contribution in [2.24, 2.45) is 5.92 Å². The second-order valence-electron chi connectivity index (χ2n) is 3.95. The SMILES string of the molecule is C=CCCN1CCC(C(=O)OCC)CC1. The maximum Gasteiger partial charge on any atom is 0.309 e. The Hall–Kier alpha value is -0.830. The molecule has 3 nitrogen and oxygen atoms in total. The average Bonchev–Trinajstić information content (AvgIpc) is 2.27. The van der Waals surface area contributed by atoms with Gasteiger partial charge in [-0.25, -0.2) is 0 Å². The van der Waals surface area contributed by atoms with E-state index in [4.69, 9.17) is 4.74 Å². The van der Waals surface area contributed by atoms with Gasteiger partial charge in [-0.1, -0.05) is 6.08 Å². The normalized spacial score (nSPS) is 18.7. The summed E-state index contributed by atoms with van der Waals surface area (Å²) in [5.41, 5.74) is 0. The molecule has 0 aromatic heterocycles. The fraction of sp³-hybridized carbons (Fsp3) is 0.750. The Bertz CT molecular complexity index is 208. The fourth-order valence-corrected chi connectivity index (χ4v) is 1.93. The minimum atomic E-state index is -0.0131. The van der Waals surface area contributed by atoms with E-state index in [0.717, 1.165) is 38.9 Å². The molecule has 0 unspecified atom stereocenters. The van der Waals surface area contributed by atoms with E-state index in [1.54, 1.807) is 0 Å². The first-order valence-corrected chi connectivity index (χ1v) is 5.77. The Kier molecular flexibility index (Phi) is 5.40. The van der Waals surface area contributed by atoms with Gasteiger partial charge in [0.1, 0.15) is 0 Å². The number of carbonyl (C=O) groups excluding carboxylic acids is 1. The van der Waals surface area contributed by atoms with Crippen LogP contribution in [-0.4, -0.2) is 37.1 Å². The van der Waals surface area contributed by atoms with Gasteiger partial charge >= 0.3 is 5.97 Å². The highest BCUT2D eigenvalue weighted by atomic mass is 16.5. The van der Waals surface area contributed by atoms with Crippen molar-refractivity contribution in [3.8, 4) is 0 Å². The highest BCUT2D eigenvalue weighted by molar-refractivity contribution is 5.72. The summed E-state index contributed by atoms with van der Waals surface area (Å²) < 4.78 is 5.02. The van der Waals surface area contributed by atoms with E-state index in [1.807, 2.05) is 13.0 Å². The Morgan fingerprint density at radius 3 is 2.73 bits per heavy atom. The van der Waals surface area contributed by atoms with Gasteiger partial charge in [-0.2, -0.15) is 0 Å². The molecule has 0 N–H and O–H groups in total. The van der Waals surface area contributed by atoms with Crippen molar-refractivity contribution < 1.29 is 9.53 Å². The molecule has 1 heterocycles. The predicted octanol–water partition coefficient (Wildman–Crippen LogP) is 1.84. The number of esters is 1. The monoisotopic (exact) mass is 211 g/mol. The molecule has 0 radical (unpaired) electrons. The smallest absolute Gasteiger partial charge is 0.309 e. The van der Waals surface area contributed by atoms with Crippen LogP contribution in [0.1, 0.15) is 26.2 Å². The van der Waals surface area contributed by atoms with Gasteiger partial charge in [0.15, 0.2) is 0 Å². The molecule has 0 amide bonds. The third kappa shape index (κ3) is 4.04. The molecule has 0 aromatic rings. The summed E-state index contributed by atoms with van der Waals surface area (Å²) in [6.45, 7) is 9.16. The number of hydrogen-bond acceptors (Lipinski definition) is 3. The van der Waals surface area contributed by atoms with Crippen molar-refractivity contribution in [1.82, 2.24) is 4.90 Å². The Morgan fingerprint density at radius 2 is 2.20 bits per heavy atom. The molecule has 15 heavy (non-hydrogen) atoms. The molecule has 0 saturated carbocycles. The van der Waals surface area contributed by atoms with Crippen molar-refractivity contribution in [3.05, 3.63) is 12.7 Å². The summed E-state index contributed by atoms with van der Waals surface area (Å²) in [7, 11) is 0. The van der Waals surface area contributed by atoms with Crippen LogP contribution in [0, 0.1) is 5.92 Å². The summed E-state index contributed by atoms with van der Waals surface area (Å²) in [6, 6.07) is 0. The zero-order valence-electron chi connectivity index (χ0n) is 9.58. The lowest BCUT2D eigenvalue weighted by Gasteiger charge is -2.30. The van der Waals surface area contributed by atoms with Crippen LogP contribution in [0.2, 0.25) is 0 Å². The van der Waals surface area contributed by atoms with Gasteiger partial charge in [0, 0.05) is 6.54 Å². The first-order chi connectivity index (χ1) is 7.27. The van der Waals surface area contributed by atoms with Crippen LogP contribution >= 0.6 is 0 Å². The van der Waals surface area contributed by atoms with Crippen LogP contribution in [-0.2, 0) is 9.53 Å². The molecule has 86 valence electrons. The summed E-state index contributed by atoms with van der Waals surface area (Å²) >= 11 is 0. The summed E-state index contributed by atoms with van der Waals surface area (Å²) in [4.78, 5) is 13.8. The number of nitrogens with zero attached hydrogens (tertiary/aromatic N) is 1. The van der Waals surface area contributed by atoms with Gasteiger partial charge in [0.2, 0.25) is 0 Å². The van der Waals surface area contributed by atoms with Gasteiger partial charge in [0.05, 0.1) is 12.5 Å². The molecule has 0 aliphatic carbocycles. The van der Waals surface area contributed by atoms with Crippen molar-refractivity contribution in [2.45, 2.75) is 26.2 Å². The molecule has 1 fully saturated rings. The minimum Gasteiger partial charge on any atom is -0.466 e. The lowest BCUT2D eigenvalue weighted by atomic mass is 9.97. The fourth-order valence-electron chi connectivity index (χ4n) is 1.93. The van der Waals surface area contributed by atoms with E-state index in [9.17, 15) is 4.79 Å². The average molecular weight is 211 g/mol. The van der Waals surface area contributed by atoms with Gasteiger partial charge in [-0.15, -0.1) is 6.58 Å². The van der Waals surface area contributed by atoms with Gasteiger partial charge < -0.3 is 9.64 Å². The van der Waals surface area contributed by atoms with Crippen molar-refractivity contribution >= 4 is 5.97 Å². The zero-order valence-corrected chi connectivity index (χ0v) is 9.58. The number of piperidine rings is 1. The van der Waals surface area contributed by atoms with Crippen molar-refractivity contribution in [3.63, 3.8) is 0 Å². The number of rotatable bonds is 5. The van der Waals surface area contributed by atoms with E-state index in [0.29, 0.717) is 6.61 Å². The van der Waals surface area contributed by atoms with Gasteiger partial charge in [-0.05, 0) is 39.3 Å². The van der Waals surface area contributed by atoms with E-state index in [-0.39, 0.29) is 11.9 Å². The molecule has 1 rings (SSSR count). The van der Waals surface area contributed by atoms with E-state index < -0.39 is 0 Å². The van der Waals surface area contributed by atoms with Crippen LogP contribution in [0.3, 0.4) is 0 Å².